The molecule has 0 aromatic heterocycles. The van der Waals surface area contributed by atoms with Gasteiger partial charge in [0.1, 0.15) is 0 Å². The Labute approximate surface area is 111 Å². The highest BCUT2D eigenvalue weighted by Gasteiger charge is 2.36. The average Bonchev–Trinajstić information content (AvgIpc) is 2.22. The van der Waals surface area contributed by atoms with E-state index in [1.54, 1.807) is 0 Å². The Morgan fingerprint density at radius 1 is 1.38 bits per heavy atom. The van der Waals surface area contributed by atoms with Crippen LogP contribution in [0.25, 0.3) is 0 Å². The Kier molecular flexibility index (Phi) is 3.47. The summed E-state index contributed by atoms with van der Waals surface area (Å²) in [7, 11) is 1.99. The van der Waals surface area contributed by atoms with Crippen LogP contribution in [0.1, 0.15) is 31.0 Å². The van der Waals surface area contributed by atoms with Crippen molar-refractivity contribution in [2.75, 3.05) is 7.05 Å². The Balaban J connectivity index is 2.55. The SMILES string of the molecule is CNC1c2ccc(Cl)c(Cl)c2CSC1(C)C. The maximum atomic E-state index is 6.25. The van der Waals surface area contributed by atoms with E-state index >= 15 is 0 Å². The predicted molar refractivity (Wildman–Crippen MR) is 73.6 cm³/mol. The second-order valence-corrected chi connectivity index (χ2v) is 6.96. The van der Waals surface area contributed by atoms with Gasteiger partial charge in [-0.15, -0.1) is 11.8 Å². The van der Waals surface area contributed by atoms with Crippen LogP contribution in [0.5, 0.6) is 0 Å². The minimum atomic E-state index is 0.179. The van der Waals surface area contributed by atoms with Crippen LogP contribution in [0.2, 0.25) is 10.0 Å². The lowest BCUT2D eigenvalue weighted by Gasteiger charge is -2.39. The van der Waals surface area contributed by atoms with Crippen LogP contribution in [0, 0.1) is 0 Å². The molecule has 4 heteroatoms. The summed E-state index contributed by atoms with van der Waals surface area (Å²) >= 11 is 14.2. The topological polar surface area (TPSA) is 12.0 Å². The third kappa shape index (κ3) is 1.97. The zero-order chi connectivity index (χ0) is 11.9. The predicted octanol–water partition coefficient (Wildman–Crippen LogP) is 4.28. The number of thioether (sulfide) groups is 1. The number of hydrogen-bond donors (Lipinski definition) is 1. The van der Waals surface area contributed by atoms with Crippen molar-refractivity contribution in [1.29, 1.82) is 0 Å². The van der Waals surface area contributed by atoms with Gasteiger partial charge in [-0.3, -0.25) is 0 Å². The van der Waals surface area contributed by atoms with E-state index in [1.165, 1.54) is 11.1 Å². The summed E-state index contributed by atoms with van der Waals surface area (Å²) in [4.78, 5) is 0. The van der Waals surface area contributed by atoms with Crippen molar-refractivity contribution in [3.63, 3.8) is 0 Å². The van der Waals surface area contributed by atoms with Crippen molar-refractivity contribution < 1.29 is 0 Å². The minimum absolute atomic E-state index is 0.179. The average molecular weight is 276 g/mol. The molecule has 0 amide bonds. The van der Waals surface area contributed by atoms with Crippen LogP contribution >= 0.6 is 35.0 Å². The zero-order valence-electron chi connectivity index (χ0n) is 9.60. The fraction of sp³-hybridized carbons (Fsp3) is 0.500. The van der Waals surface area contributed by atoms with Crippen LogP contribution < -0.4 is 5.32 Å². The summed E-state index contributed by atoms with van der Waals surface area (Å²) in [5, 5.41) is 4.73. The molecule has 0 spiro atoms. The molecule has 0 saturated heterocycles. The van der Waals surface area contributed by atoms with Crippen LogP contribution in [-0.2, 0) is 5.75 Å². The molecule has 1 aliphatic rings. The van der Waals surface area contributed by atoms with E-state index in [2.05, 4.69) is 25.2 Å². The Morgan fingerprint density at radius 2 is 2.06 bits per heavy atom. The third-order valence-corrected chi connectivity index (χ3v) is 5.37. The van der Waals surface area contributed by atoms with Crippen molar-refractivity contribution in [3.8, 4) is 0 Å². The molecule has 1 nitrogen and oxygen atoms in total. The standard InChI is InChI=1S/C12H15Cl2NS/c1-12(2)11(15-3)7-4-5-9(13)10(14)8(7)6-16-12/h4-5,11,15H,6H2,1-3H3. The number of hydrogen-bond acceptors (Lipinski definition) is 2. The Morgan fingerprint density at radius 3 is 2.69 bits per heavy atom. The van der Waals surface area contributed by atoms with Gasteiger partial charge < -0.3 is 5.32 Å². The van der Waals surface area contributed by atoms with Gasteiger partial charge in [-0.25, -0.2) is 0 Å². The maximum Gasteiger partial charge on any atom is 0.0636 e. The molecule has 0 aliphatic carbocycles. The first-order chi connectivity index (χ1) is 7.47. The first-order valence-corrected chi connectivity index (χ1v) is 6.99. The largest absolute Gasteiger partial charge is 0.312 e. The molecule has 1 heterocycles. The molecule has 1 N–H and O–H groups in total. The second-order valence-electron chi connectivity index (χ2n) is 4.54. The van der Waals surface area contributed by atoms with E-state index in [-0.39, 0.29) is 4.75 Å². The molecule has 1 aromatic carbocycles. The van der Waals surface area contributed by atoms with E-state index in [1.807, 2.05) is 24.9 Å². The molecular formula is C12H15Cl2NS. The third-order valence-electron chi connectivity index (χ3n) is 3.12. The van der Waals surface area contributed by atoms with Crippen molar-refractivity contribution in [2.45, 2.75) is 30.4 Å². The first-order valence-electron chi connectivity index (χ1n) is 5.25. The van der Waals surface area contributed by atoms with Crippen LogP contribution in [0.4, 0.5) is 0 Å². The van der Waals surface area contributed by atoms with Crippen molar-refractivity contribution in [1.82, 2.24) is 5.32 Å². The van der Waals surface area contributed by atoms with Crippen molar-refractivity contribution >= 4 is 35.0 Å². The van der Waals surface area contributed by atoms with E-state index in [4.69, 9.17) is 23.2 Å². The highest BCUT2D eigenvalue weighted by Crippen LogP contribution is 2.48. The lowest BCUT2D eigenvalue weighted by molar-refractivity contribution is 0.474. The highest BCUT2D eigenvalue weighted by molar-refractivity contribution is 8.00. The molecule has 88 valence electrons. The quantitative estimate of drug-likeness (QED) is 0.821. The smallest absolute Gasteiger partial charge is 0.0636 e. The van der Waals surface area contributed by atoms with Gasteiger partial charge in [-0.1, -0.05) is 29.3 Å². The molecule has 1 aromatic rings. The Bertz CT molecular complexity index is 418. The van der Waals surface area contributed by atoms with Gasteiger partial charge in [0.2, 0.25) is 0 Å². The highest BCUT2D eigenvalue weighted by atomic mass is 35.5. The molecule has 1 atom stereocenters. The van der Waals surface area contributed by atoms with Crippen LogP contribution in [0.15, 0.2) is 12.1 Å². The van der Waals surface area contributed by atoms with Crippen molar-refractivity contribution in [3.05, 3.63) is 33.3 Å². The summed E-state index contributed by atoms with van der Waals surface area (Å²) in [6, 6.07) is 4.29. The number of fused-ring (bicyclic) bond motifs is 1. The molecule has 0 fully saturated rings. The zero-order valence-corrected chi connectivity index (χ0v) is 11.9. The number of halogens is 2. The summed E-state index contributed by atoms with van der Waals surface area (Å²) in [6.45, 7) is 4.51. The molecule has 1 aliphatic heterocycles. The maximum absolute atomic E-state index is 6.25. The van der Waals surface area contributed by atoms with E-state index < -0.39 is 0 Å². The lowest BCUT2D eigenvalue weighted by atomic mass is 9.91. The molecular weight excluding hydrogens is 261 g/mol. The fourth-order valence-electron chi connectivity index (χ4n) is 2.24. The summed E-state index contributed by atoms with van der Waals surface area (Å²) in [5.74, 6) is 0.930. The Hall–Kier alpha value is 0.110. The number of nitrogens with one attached hydrogen (secondary N) is 1. The molecule has 1 unspecified atom stereocenters. The van der Waals surface area contributed by atoms with E-state index in [9.17, 15) is 0 Å². The van der Waals surface area contributed by atoms with Gasteiger partial charge in [-0.2, -0.15) is 0 Å². The van der Waals surface area contributed by atoms with Crippen LogP contribution in [0.3, 0.4) is 0 Å². The molecule has 2 rings (SSSR count). The van der Waals surface area contributed by atoms with Gasteiger partial charge in [0.25, 0.3) is 0 Å². The molecule has 0 saturated carbocycles. The first kappa shape index (κ1) is 12.6. The number of benzene rings is 1. The van der Waals surface area contributed by atoms with Gasteiger partial charge in [0.15, 0.2) is 0 Å². The lowest BCUT2D eigenvalue weighted by Crippen LogP contribution is -2.38. The minimum Gasteiger partial charge on any atom is -0.312 e. The van der Waals surface area contributed by atoms with Gasteiger partial charge in [0.05, 0.1) is 10.0 Å². The van der Waals surface area contributed by atoms with Gasteiger partial charge in [-0.05, 0) is 38.1 Å². The normalized spacial score (nSPS) is 22.9. The number of rotatable bonds is 1. The summed E-state index contributed by atoms with van der Waals surface area (Å²) in [6.07, 6.45) is 0. The second kappa shape index (κ2) is 4.41. The monoisotopic (exact) mass is 275 g/mol. The van der Waals surface area contributed by atoms with E-state index in [0.29, 0.717) is 16.1 Å². The van der Waals surface area contributed by atoms with Crippen LogP contribution in [-0.4, -0.2) is 11.8 Å². The van der Waals surface area contributed by atoms with E-state index in [0.717, 1.165) is 5.75 Å². The summed E-state index contributed by atoms with van der Waals surface area (Å²) < 4.78 is 0.179. The molecule has 16 heavy (non-hydrogen) atoms. The van der Waals surface area contributed by atoms with Gasteiger partial charge in [0, 0.05) is 16.5 Å². The summed E-state index contributed by atoms with van der Waals surface area (Å²) in [5.41, 5.74) is 2.46. The van der Waals surface area contributed by atoms with Crippen molar-refractivity contribution in [2.24, 2.45) is 0 Å². The molecule has 0 radical (unpaired) electrons. The van der Waals surface area contributed by atoms with Gasteiger partial charge >= 0.3 is 0 Å². The molecule has 0 bridgehead atoms. The fourth-order valence-corrected chi connectivity index (χ4v) is 3.98.